The number of hydrogen-bond acceptors (Lipinski definition) is 6. The minimum absolute atomic E-state index is 0.0661. The smallest absolute Gasteiger partial charge is 0.416 e. The van der Waals surface area contributed by atoms with Crippen LogP contribution in [0.5, 0.6) is 0 Å². The summed E-state index contributed by atoms with van der Waals surface area (Å²) >= 11 is 0. The van der Waals surface area contributed by atoms with E-state index in [9.17, 15) is 36.6 Å². The van der Waals surface area contributed by atoms with Crippen molar-refractivity contribution < 1.29 is 46.1 Å². The van der Waals surface area contributed by atoms with E-state index in [1.807, 2.05) is 0 Å². The molecule has 2 aliphatic rings. The van der Waals surface area contributed by atoms with Gasteiger partial charge in [0.15, 0.2) is 6.10 Å². The molecule has 3 heterocycles. The van der Waals surface area contributed by atoms with Gasteiger partial charge in [-0.2, -0.15) is 13.2 Å². The van der Waals surface area contributed by atoms with Crippen molar-refractivity contribution in [3.63, 3.8) is 0 Å². The molecule has 1 fully saturated rings. The maximum atomic E-state index is 14.8. The number of alkyl carbamates (subject to hydrolysis) is 1. The fraction of sp³-hybridized carbons (Fsp3) is 0.577. The van der Waals surface area contributed by atoms with Crippen molar-refractivity contribution in [2.75, 3.05) is 0 Å². The molecule has 5 atom stereocenters. The third kappa shape index (κ3) is 5.78. The molecular formula is C26H31F5N4O5. The lowest BCUT2D eigenvalue weighted by Gasteiger charge is -2.47. The fourth-order valence-electron chi connectivity index (χ4n) is 5.49. The number of rotatable bonds is 5. The van der Waals surface area contributed by atoms with Gasteiger partial charge in [-0.15, -0.1) is 0 Å². The number of nitrogens with one attached hydrogen (secondary N) is 1. The number of benzene rings is 1. The second kappa shape index (κ2) is 10.6. The number of aromatic nitrogens is 2. The maximum absolute atomic E-state index is 14.8. The molecule has 0 aliphatic carbocycles. The zero-order valence-corrected chi connectivity index (χ0v) is 22.6. The van der Waals surface area contributed by atoms with Gasteiger partial charge in [0.2, 0.25) is 5.82 Å². The van der Waals surface area contributed by atoms with Gasteiger partial charge < -0.3 is 24.5 Å². The van der Waals surface area contributed by atoms with Gasteiger partial charge in [0.1, 0.15) is 23.3 Å². The molecule has 1 unspecified atom stereocenters. The summed E-state index contributed by atoms with van der Waals surface area (Å²) in [6.45, 7) is 6.46. The number of amides is 1. The number of halogens is 5. The maximum Gasteiger partial charge on any atom is 0.416 e. The van der Waals surface area contributed by atoms with Gasteiger partial charge in [-0.3, -0.25) is 4.90 Å². The number of fused-ring (bicyclic) bond motifs is 1. The lowest BCUT2D eigenvalue weighted by molar-refractivity contribution is -0.272. The van der Waals surface area contributed by atoms with Crippen molar-refractivity contribution in [3.8, 4) is 0 Å². The summed E-state index contributed by atoms with van der Waals surface area (Å²) in [7, 11) is 1.47. The summed E-state index contributed by atoms with van der Waals surface area (Å²) in [5, 5.41) is 12.0. The van der Waals surface area contributed by atoms with E-state index in [-0.39, 0.29) is 18.8 Å². The monoisotopic (exact) mass is 574 g/mol. The van der Waals surface area contributed by atoms with Crippen molar-refractivity contribution in [2.45, 2.75) is 89.2 Å². The van der Waals surface area contributed by atoms with Crippen LogP contribution < -0.4 is 5.32 Å². The topological polar surface area (TPSA) is 106 Å². The zero-order chi connectivity index (χ0) is 29.7. The standard InChI is InChI=1S/C26H31F5N4O5/c1-6-16-19-18(34(5)22(33-19)23(36)37)11-35(16)17-10-15(32-24(38)40-25(2,3)4)20(39-21(17)26(29,30)31)13-9-12(27)7-8-14(13)28/h7-9,15-17,20-21H,6,10-11H2,1-5H3,(H,32,38)(H,36,37)/t15-,16?,17+,20+,21-/m0/s1. The first-order valence-electron chi connectivity index (χ1n) is 12.7. The highest BCUT2D eigenvalue weighted by molar-refractivity contribution is 5.84. The van der Waals surface area contributed by atoms with E-state index in [1.54, 1.807) is 27.7 Å². The number of carbonyl (C=O) groups excluding carboxylic acids is 1. The average Bonchev–Trinajstić information content (AvgIpc) is 3.34. The van der Waals surface area contributed by atoms with Crippen LogP contribution in [0, 0.1) is 11.6 Å². The molecule has 0 saturated carbocycles. The van der Waals surface area contributed by atoms with Gasteiger partial charge in [-0.05, 0) is 51.8 Å². The summed E-state index contributed by atoms with van der Waals surface area (Å²) < 4.78 is 84.7. The van der Waals surface area contributed by atoms with E-state index in [1.165, 1.54) is 16.5 Å². The summed E-state index contributed by atoms with van der Waals surface area (Å²) in [5.74, 6) is -3.38. The molecule has 14 heteroatoms. The van der Waals surface area contributed by atoms with Gasteiger partial charge in [-0.1, -0.05) is 6.92 Å². The average molecular weight is 575 g/mol. The van der Waals surface area contributed by atoms with E-state index in [0.717, 1.165) is 18.2 Å². The molecule has 2 N–H and O–H groups in total. The van der Waals surface area contributed by atoms with E-state index >= 15 is 0 Å². The van der Waals surface area contributed by atoms with Gasteiger partial charge in [0.05, 0.1) is 23.5 Å². The number of carboxylic acids is 1. The number of imidazole rings is 1. The second-order valence-electron chi connectivity index (χ2n) is 11.0. The molecule has 9 nitrogen and oxygen atoms in total. The van der Waals surface area contributed by atoms with Gasteiger partial charge in [0, 0.05) is 25.2 Å². The van der Waals surface area contributed by atoms with Crippen molar-refractivity contribution in [2.24, 2.45) is 7.05 Å². The lowest BCUT2D eigenvalue weighted by atomic mass is 9.88. The van der Waals surface area contributed by atoms with Crippen LogP contribution >= 0.6 is 0 Å². The molecule has 0 radical (unpaired) electrons. The fourth-order valence-corrected chi connectivity index (χ4v) is 5.49. The number of alkyl halides is 3. The van der Waals surface area contributed by atoms with Crippen molar-refractivity contribution >= 4 is 12.1 Å². The van der Waals surface area contributed by atoms with Crippen LogP contribution in [0.1, 0.15) is 80.3 Å². The van der Waals surface area contributed by atoms with Crippen molar-refractivity contribution in [3.05, 3.63) is 52.6 Å². The number of aromatic carboxylic acids is 1. The highest BCUT2D eigenvalue weighted by atomic mass is 19.4. The van der Waals surface area contributed by atoms with Crippen molar-refractivity contribution in [1.82, 2.24) is 19.8 Å². The first-order chi connectivity index (χ1) is 18.5. The number of carbonyl (C=O) groups is 2. The van der Waals surface area contributed by atoms with Crippen LogP contribution in [0.15, 0.2) is 18.2 Å². The predicted molar refractivity (Wildman–Crippen MR) is 130 cm³/mol. The second-order valence-corrected chi connectivity index (χ2v) is 11.0. The molecule has 1 aromatic heterocycles. The first kappa shape index (κ1) is 29.7. The Bertz CT molecular complexity index is 1290. The summed E-state index contributed by atoms with van der Waals surface area (Å²) in [6, 6.07) is -0.956. The summed E-state index contributed by atoms with van der Waals surface area (Å²) in [5.41, 5.74) is -0.624. The Hall–Kier alpha value is -3.26. The minimum Gasteiger partial charge on any atom is -0.475 e. The number of ether oxygens (including phenoxy) is 2. The van der Waals surface area contributed by atoms with Crippen LogP contribution in [0.4, 0.5) is 26.7 Å². The highest BCUT2D eigenvalue weighted by Crippen LogP contribution is 2.46. The normalized spacial score (nSPS) is 25.5. The largest absolute Gasteiger partial charge is 0.475 e. The van der Waals surface area contributed by atoms with Gasteiger partial charge in [0.25, 0.3) is 0 Å². The Kier molecular flexibility index (Phi) is 7.89. The Morgan fingerprint density at radius 2 is 1.90 bits per heavy atom. The Labute approximate surface area is 227 Å². The predicted octanol–water partition coefficient (Wildman–Crippen LogP) is 5.02. The van der Waals surface area contributed by atoms with E-state index in [0.29, 0.717) is 17.8 Å². The molecule has 1 saturated heterocycles. The van der Waals surface area contributed by atoms with Crippen molar-refractivity contribution in [1.29, 1.82) is 0 Å². The quantitative estimate of drug-likeness (QED) is 0.484. The summed E-state index contributed by atoms with van der Waals surface area (Å²) in [6.07, 6.45) is -10.1. The molecule has 40 heavy (non-hydrogen) atoms. The third-order valence-electron chi connectivity index (χ3n) is 7.09. The minimum atomic E-state index is -4.92. The lowest BCUT2D eigenvalue weighted by Crippen LogP contribution is -2.60. The Morgan fingerprint density at radius 1 is 1.23 bits per heavy atom. The number of nitrogens with zero attached hydrogens (tertiary/aromatic N) is 3. The van der Waals surface area contributed by atoms with Crippen LogP contribution in [-0.2, 0) is 23.1 Å². The van der Waals surface area contributed by atoms with Crippen LogP contribution in [0.25, 0.3) is 0 Å². The zero-order valence-electron chi connectivity index (χ0n) is 22.6. The molecular weight excluding hydrogens is 543 g/mol. The number of carboxylic acid groups (broad SMARTS) is 1. The molecule has 1 aromatic carbocycles. The molecule has 220 valence electrons. The van der Waals surface area contributed by atoms with E-state index in [4.69, 9.17) is 9.47 Å². The van der Waals surface area contributed by atoms with Gasteiger partial charge in [-0.25, -0.2) is 23.4 Å². The SMILES string of the molecule is CCC1c2nc(C(=O)O)n(C)c2CN1[C@@H]1C[C@H](NC(=O)OC(C)(C)C)[C@@H](c2cc(F)ccc2F)O[C@@H]1C(F)(F)F. The molecule has 0 bridgehead atoms. The van der Waals surface area contributed by atoms with Crippen LogP contribution in [-0.4, -0.2) is 61.6 Å². The van der Waals surface area contributed by atoms with Gasteiger partial charge >= 0.3 is 18.2 Å². The van der Waals surface area contributed by atoms with E-state index in [2.05, 4.69) is 10.3 Å². The molecule has 2 aromatic rings. The van der Waals surface area contributed by atoms with E-state index < -0.39 is 71.4 Å². The first-order valence-corrected chi connectivity index (χ1v) is 12.7. The third-order valence-corrected chi connectivity index (χ3v) is 7.09. The molecule has 2 aliphatic heterocycles. The molecule has 1 amide bonds. The van der Waals surface area contributed by atoms with Crippen LogP contribution in [0.3, 0.4) is 0 Å². The summed E-state index contributed by atoms with van der Waals surface area (Å²) in [4.78, 5) is 30.0. The Balaban J connectivity index is 1.75. The van der Waals surface area contributed by atoms with Crippen LogP contribution in [0.2, 0.25) is 0 Å². The molecule has 0 spiro atoms. The molecule has 4 rings (SSSR count). The Morgan fingerprint density at radius 3 is 2.48 bits per heavy atom. The number of hydrogen-bond donors (Lipinski definition) is 2. The highest BCUT2D eigenvalue weighted by Gasteiger charge is 2.56.